The third-order valence-corrected chi connectivity index (χ3v) is 3.08. The van der Waals surface area contributed by atoms with Crippen molar-refractivity contribution >= 4 is 23.8 Å². The fourth-order valence-corrected chi connectivity index (χ4v) is 2.06. The highest BCUT2D eigenvalue weighted by atomic mass is 35.5. The maximum atomic E-state index is 5.80. The molecule has 0 saturated heterocycles. The molecule has 16 heavy (non-hydrogen) atoms. The van der Waals surface area contributed by atoms with E-state index in [1.54, 1.807) is 12.3 Å². The Morgan fingerprint density at radius 2 is 2.25 bits per heavy atom. The van der Waals surface area contributed by atoms with Crippen LogP contribution in [0.3, 0.4) is 0 Å². The van der Waals surface area contributed by atoms with Crippen molar-refractivity contribution < 1.29 is 0 Å². The van der Waals surface area contributed by atoms with E-state index < -0.39 is 0 Å². The number of H-pyrrole nitrogens is 1. The Morgan fingerprint density at radius 1 is 1.44 bits per heavy atom. The van der Waals surface area contributed by atoms with Crippen LogP contribution in [-0.4, -0.2) is 19.7 Å². The summed E-state index contributed by atoms with van der Waals surface area (Å²) in [7, 11) is 0. The van der Waals surface area contributed by atoms with E-state index in [1.807, 2.05) is 10.6 Å². The molecule has 0 aliphatic heterocycles. The van der Waals surface area contributed by atoms with Gasteiger partial charge >= 0.3 is 0 Å². The van der Waals surface area contributed by atoms with Crippen molar-refractivity contribution in [1.29, 1.82) is 0 Å². The number of aromatic amines is 1. The number of hydrogen-bond acceptors (Lipinski definition) is 3. The molecule has 2 aromatic heterocycles. The van der Waals surface area contributed by atoms with E-state index in [9.17, 15) is 0 Å². The van der Waals surface area contributed by atoms with Crippen LogP contribution in [0.2, 0.25) is 5.02 Å². The van der Waals surface area contributed by atoms with Crippen LogP contribution in [0.4, 0.5) is 0 Å². The predicted octanol–water partition coefficient (Wildman–Crippen LogP) is 2.99. The standard InChI is InChI=1S/C10H9ClN4S/c11-6-1-4-8(12-5-6)9-13-14-10(16)15(9)7-2-3-7/h1,4-5,7H,2-3H2,(H,14,16). The molecule has 1 N–H and O–H groups in total. The maximum Gasteiger partial charge on any atom is 0.195 e. The van der Waals surface area contributed by atoms with Crippen LogP contribution in [0.1, 0.15) is 18.9 Å². The van der Waals surface area contributed by atoms with Crippen LogP contribution in [0.25, 0.3) is 11.5 Å². The molecule has 2 aromatic rings. The van der Waals surface area contributed by atoms with Crippen molar-refractivity contribution in [3.05, 3.63) is 28.1 Å². The molecular formula is C10H9ClN4S. The Labute approximate surface area is 102 Å². The first kappa shape index (κ1) is 9.99. The SMILES string of the molecule is S=c1[nH]nc(-c2ccc(Cl)cn2)n1C1CC1. The molecule has 0 unspecified atom stereocenters. The lowest BCUT2D eigenvalue weighted by Crippen LogP contribution is -1.98. The summed E-state index contributed by atoms with van der Waals surface area (Å²) in [6.07, 6.45) is 3.94. The van der Waals surface area contributed by atoms with Gasteiger partial charge in [0.2, 0.25) is 0 Å². The second-order valence-corrected chi connectivity index (χ2v) is 4.64. The monoisotopic (exact) mass is 252 g/mol. The largest absolute Gasteiger partial charge is 0.296 e. The van der Waals surface area contributed by atoms with Gasteiger partial charge in [0.25, 0.3) is 0 Å². The Bertz CT molecular complexity index is 567. The molecule has 0 radical (unpaired) electrons. The molecule has 82 valence electrons. The molecule has 0 bridgehead atoms. The summed E-state index contributed by atoms with van der Waals surface area (Å²) in [6.45, 7) is 0. The third-order valence-electron chi connectivity index (χ3n) is 2.57. The summed E-state index contributed by atoms with van der Waals surface area (Å²) in [4.78, 5) is 4.25. The molecule has 0 spiro atoms. The smallest absolute Gasteiger partial charge is 0.195 e. The molecule has 6 heteroatoms. The van der Waals surface area contributed by atoms with E-state index in [0.29, 0.717) is 15.8 Å². The Morgan fingerprint density at radius 3 is 2.88 bits per heavy atom. The molecule has 3 rings (SSSR count). The second-order valence-electron chi connectivity index (χ2n) is 3.82. The zero-order chi connectivity index (χ0) is 11.1. The van der Waals surface area contributed by atoms with Gasteiger partial charge in [0.1, 0.15) is 5.69 Å². The number of aromatic nitrogens is 4. The third kappa shape index (κ3) is 1.66. The van der Waals surface area contributed by atoms with Crippen LogP contribution in [0.5, 0.6) is 0 Å². The summed E-state index contributed by atoms with van der Waals surface area (Å²) in [5.41, 5.74) is 0.795. The molecule has 2 heterocycles. The first-order valence-corrected chi connectivity index (χ1v) is 5.83. The van der Waals surface area contributed by atoms with Crippen LogP contribution in [0.15, 0.2) is 18.3 Å². The lowest BCUT2D eigenvalue weighted by Gasteiger charge is -2.03. The molecule has 1 fully saturated rings. The van der Waals surface area contributed by atoms with E-state index in [0.717, 1.165) is 24.4 Å². The second kappa shape index (κ2) is 3.68. The first-order chi connectivity index (χ1) is 7.75. The quantitative estimate of drug-likeness (QED) is 0.836. The van der Waals surface area contributed by atoms with Gasteiger partial charge < -0.3 is 0 Å². The number of pyridine rings is 1. The Balaban J connectivity index is 2.12. The summed E-state index contributed by atoms with van der Waals surface area (Å²) in [6, 6.07) is 4.14. The van der Waals surface area contributed by atoms with Crippen molar-refractivity contribution in [3.8, 4) is 11.5 Å². The van der Waals surface area contributed by atoms with Crippen molar-refractivity contribution in [2.24, 2.45) is 0 Å². The Kier molecular flexibility index (Phi) is 2.29. The van der Waals surface area contributed by atoms with Crippen LogP contribution < -0.4 is 0 Å². The number of hydrogen-bond donors (Lipinski definition) is 1. The van der Waals surface area contributed by atoms with E-state index >= 15 is 0 Å². The van der Waals surface area contributed by atoms with Crippen molar-refractivity contribution in [3.63, 3.8) is 0 Å². The van der Waals surface area contributed by atoms with E-state index in [1.165, 1.54) is 0 Å². The molecule has 0 atom stereocenters. The fraction of sp³-hybridized carbons (Fsp3) is 0.300. The zero-order valence-electron chi connectivity index (χ0n) is 8.35. The highest BCUT2D eigenvalue weighted by Crippen LogP contribution is 2.37. The average molecular weight is 253 g/mol. The van der Waals surface area contributed by atoms with Gasteiger partial charge in [0.15, 0.2) is 10.6 Å². The normalized spacial score (nSPS) is 15.3. The van der Waals surface area contributed by atoms with Gasteiger partial charge in [-0.3, -0.25) is 14.6 Å². The topological polar surface area (TPSA) is 46.5 Å². The molecule has 1 saturated carbocycles. The molecule has 1 aliphatic rings. The van der Waals surface area contributed by atoms with Crippen molar-refractivity contribution in [1.82, 2.24) is 19.7 Å². The van der Waals surface area contributed by atoms with E-state index in [2.05, 4.69) is 15.2 Å². The Hall–Kier alpha value is -1.20. The molecule has 1 aliphatic carbocycles. The summed E-state index contributed by atoms with van der Waals surface area (Å²) in [5.74, 6) is 0.796. The maximum absolute atomic E-state index is 5.80. The van der Waals surface area contributed by atoms with Crippen molar-refractivity contribution in [2.75, 3.05) is 0 Å². The summed E-state index contributed by atoms with van der Waals surface area (Å²) >= 11 is 11.0. The minimum Gasteiger partial charge on any atom is -0.296 e. The van der Waals surface area contributed by atoms with Crippen LogP contribution >= 0.6 is 23.8 Å². The minimum absolute atomic E-state index is 0.485. The molecule has 0 aromatic carbocycles. The highest BCUT2D eigenvalue weighted by molar-refractivity contribution is 7.71. The first-order valence-electron chi connectivity index (χ1n) is 5.04. The number of rotatable bonds is 2. The van der Waals surface area contributed by atoms with Gasteiger partial charge in [-0.15, -0.1) is 0 Å². The number of halogens is 1. The number of nitrogens with one attached hydrogen (secondary N) is 1. The molecular weight excluding hydrogens is 244 g/mol. The summed E-state index contributed by atoms with van der Waals surface area (Å²) in [5, 5.41) is 7.65. The van der Waals surface area contributed by atoms with Gasteiger partial charge in [-0.1, -0.05) is 11.6 Å². The van der Waals surface area contributed by atoms with Gasteiger partial charge in [-0.05, 0) is 37.2 Å². The fourth-order valence-electron chi connectivity index (χ4n) is 1.66. The van der Waals surface area contributed by atoms with Crippen molar-refractivity contribution in [2.45, 2.75) is 18.9 Å². The lowest BCUT2D eigenvalue weighted by molar-refractivity contribution is 0.733. The van der Waals surface area contributed by atoms with Gasteiger partial charge in [-0.25, -0.2) is 0 Å². The number of nitrogens with zero attached hydrogens (tertiary/aromatic N) is 3. The zero-order valence-corrected chi connectivity index (χ0v) is 9.92. The highest BCUT2D eigenvalue weighted by Gasteiger charge is 2.27. The summed E-state index contributed by atoms with van der Waals surface area (Å²) < 4.78 is 2.69. The van der Waals surface area contributed by atoms with E-state index in [-0.39, 0.29) is 0 Å². The van der Waals surface area contributed by atoms with Crippen LogP contribution in [-0.2, 0) is 0 Å². The average Bonchev–Trinajstić information content (AvgIpc) is 3.04. The lowest BCUT2D eigenvalue weighted by atomic mass is 10.3. The molecule has 0 amide bonds. The van der Waals surface area contributed by atoms with E-state index in [4.69, 9.17) is 23.8 Å². The van der Waals surface area contributed by atoms with Gasteiger partial charge in [-0.2, -0.15) is 5.10 Å². The van der Waals surface area contributed by atoms with Gasteiger partial charge in [0.05, 0.1) is 5.02 Å². The molecule has 4 nitrogen and oxygen atoms in total. The van der Waals surface area contributed by atoms with Crippen LogP contribution in [0, 0.1) is 4.77 Å². The van der Waals surface area contributed by atoms with Gasteiger partial charge in [0, 0.05) is 12.2 Å². The predicted molar refractivity (Wildman–Crippen MR) is 63.9 cm³/mol. The minimum atomic E-state index is 0.485.